The van der Waals surface area contributed by atoms with Gasteiger partial charge in [0.05, 0.1) is 12.2 Å². The number of carbonyl (C=O) groups is 1. The van der Waals surface area contributed by atoms with E-state index in [9.17, 15) is 9.18 Å². The normalized spacial score (nSPS) is 10.8. The summed E-state index contributed by atoms with van der Waals surface area (Å²) in [6, 6.07) is 13.5. The molecule has 0 aliphatic carbocycles. The number of hydrogen-bond donors (Lipinski definition) is 1. The lowest BCUT2D eigenvalue weighted by Gasteiger charge is -2.05. The molecule has 140 valence electrons. The van der Waals surface area contributed by atoms with Crippen molar-refractivity contribution in [2.24, 2.45) is 0 Å². The molecule has 1 N–H and O–H groups in total. The predicted octanol–water partition coefficient (Wildman–Crippen LogP) is 4.15. The molecule has 0 fully saturated rings. The van der Waals surface area contributed by atoms with E-state index in [-0.39, 0.29) is 11.7 Å². The Morgan fingerprint density at radius 1 is 1.21 bits per heavy atom. The van der Waals surface area contributed by atoms with Gasteiger partial charge in [-0.3, -0.25) is 10.1 Å². The van der Waals surface area contributed by atoms with Gasteiger partial charge in [0.15, 0.2) is 5.13 Å². The standard InChI is InChI=1S/C20H16FN5OS/c1-13-18(15-5-7-17(21)8-6-15)24-20(28-13)25-19(27)16-4-2-3-14(9-16)10-26-12-22-11-23-26/h2-9,11-12H,10H2,1H3,(H,24,25,27). The number of anilines is 1. The van der Waals surface area contributed by atoms with E-state index in [1.807, 2.05) is 25.1 Å². The summed E-state index contributed by atoms with van der Waals surface area (Å²) >= 11 is 1.39. The molecule has 4 aromatic rings. The second-order valence-electron chi connectivity index (χ2n) is 6.18. The Balaban J connectivity index is 1.51. The largest absolute Gasteiger partial charge is 0.298 e. The van der Waals surface area contributed by atoms with E-state index in [4.69, 9.17) is 0 Å². The summed E-state index contributed by atoms with van der Waals surface area (Å²) in [6.45, 7) is 2.46. The lowest BCUT2D eigenvalue weighted by molar-refractivity contribution is 0.102. The summed E-state index contributed by atoms with van der Waals surface area (Å²) in [5.41, 5.74) is 3.03. The van der Waals surface area contributed by atoms with E-state index in [1.54, 1.807) is 29.2 Å². The van der Waals surface area contributed by atoms with Gasteiger partial charge in [0.1, 0.15) is 18.5 Å². The van der Waals surface area contributed by atoms with Crippen LogP contribution in [0.25, 0.3) is 11.3 Å². The van der Waals surface area contributed by atoms with Crippen molar-refractivity contribution in [2.45, 2.75) is 13.5 Å². The molecule has 0 aliphatic heterocycles. The number of amides is 1. The maximum Gasteiger partial charge on any atom is 0.257 e. The van der Waals surface area contributed by atoms with Crippen molar-refractivity contribution >= 4 is 22.4 Å². The molecule has 4 rings (SSSR count). The van der Waals surface area contributed by atoms with Crippen LogP contribution in [0.4, 0.5) is 9.52 Å². The number of nitrogens with zero attached hydrogens (tertiary/aromatic N) is 4. The van der Waals surface area contributed by atoms with Gasteiger partial charge in [0.25, 0.3) is 5.91 Å². The molecule has 1 amide bonds. The first-order valence-electron chi connectivity index (χ1n) is 8.54. The van der Waals surface area contributed by atoms with Crippen molar-refractivity contribution in [3.63, 3.8) is 0 Å². The zero-order valence-electron chi connectivity index (χ0n) is 15.0. The molecule has 2 heterocycles. The van der Waals surface area contributed by atoms with E-state index in [0.29, 0.717) is 17.2 Å². The van der Waals surface area contributed by atoms with Crippen LogP contribution in [0.2, 0.25) is 0 Å². The van der Waals surface area contributed by atoms with Gasteiger partial charge in [0.2, 0.25) is 0 Å². The first-order valence-corrected chi connectivity index (χ1v) is 9.36. The SMILES string of the molecule is Cc1sc(NC(=O)c2cccc(Cn3cncn3)c2)nc1-c1ccc(F)cc1. The highest BCUT2D eigenvalue weighted by Crippen LogP contribution is 2.30. The van der Waals surface area contributed by atoms with Crippen LogP contribution in [-0.4, -0.2) is 25.7 Å². The van der Waals surface area contributed by atoms with Gasteiger partial charge in [-0.15, -0.1) is 11.3 Å². The van der Waals surface area contributed by atoms with Crippen molar-refractivity contribution in [3.8, 4) is 11.3 Å². The Morgan fingerprint density at radius 3 is 2.79 bits per heavy atom. The fourth-order valence-corrected chi connectivity index (χ4v) is 3.64. The zero-order valence-corrected chi connectivity index (χ0v) is 15.8. The minimum absolute atomic E-state index is 0.236. The molecule has 2 aromatic carbocycles. The number of halogens is 1. The van der Waals surface area contributed by atoms with E-state index in [0.717, 1.165) is 21.7 Å². The first-order chi connectivity index (χ1) is 13.6. The number of nitrogens with one attached hydrogen (secondary N) is 1. The topological polar surface area (TPSA) is 72.7 Å². The summed E-state index contributed by atoms with van der Waals surface area (Å²) < 4.78 is 14.8. The molecule has 0 unspecified atom stereocenters. The van der Waals surface area contributed by atoms with Gasteiger partial charge in [-0.1, -0.05) is 12.1 Å². The van der Waals surface area contributed by atoms with Gasteiger partial charge in [0, 0.05) is 16.0 Å². The third-order valence-electron chi connectivity index (χ3n) is 4.14. The number of carbonyl (C=O) groups excluding carboxylic acids is 1. The van der Waals surface area contributed by atoms with Crippen molar-refractivity contribution < 1.29 is 9.18 Å². The van der Waals surface area contributed by atoms with Crippen molar-refractivity contribution in [3.05, 3.63) is 83.0 Å². The zero-order chi connectivity index (χ0) is 19.5. The van der Waals surface area contributed by atoms with Crippen LogP contribution in [0.5, 0.6) is 0 Å². The Labute approximate surface area is 164 Å². The maximum absolute atomic E-state index is 13.1. The summed E-state index contributed by atoms with van der Waals surface area (Å²) in [7, 11) is 0. The second-order valence-corrected chi connectivity index (χ2v) is 7.38. The fourth-order valence-electron chi connectivity index (χ4n) is 2.81. The number of rotatable bonds is 5. The molecular formula is C20H16FN5OS. The van der Waals surface area contributed by atoms with Crippen molar-refractivity contribution in [2.75, 3.05) is 5.32 Å². The van der Waals surface area contributed by atoms with Crippen LogP contribution in [0.1, 0.15) is 20.8 Å². The molecule has 0 radical (unpaired) electrons. The van der Waals surface area contributed by atoms with Gasteiger partial charge in [-0.2, -0.15) is 5.10 Å². The molecular weight excluding hydrogens is 377 g/mol. The average Bonchev–Trinajstić information content (AvgIpc) is 3.32. The van der Waals surface area contributed by atoms with Crippen LogP contribution >= 0.6 is 11.3 Å². The molecule has 28 heavy (non-hydrogen) atoms. The van der Waals surface area contributed by atoms with Gasteiger partial charge >= 0.3 is 0 Å². The molecule has 0 aliphatic rings. The van der Waals surface area contributed by atoms with Gasteiger partial charge in [-0.05, 0) is 48.9 Å². The van der Waals surface area contributed by atoms with E-state index in [1.165, 1.54) is 29.8 Å². The molecule has 0 saturated carbocycles. The third kappa shape index (κ3) is 3.96. The van der Waals surface area contributed by atoms with E-state index >= 15 is 0 Å². The van der Waals surface area contributed by atoms with Crippen molar-refractivity contribution in [1.82, 2.24) is 19.7 Å². The second kappa shape index (κ2) is 7.69. The highest BCUT2D eigenvalue weighted by molar-refractivity contribution is 7.16. The van der Waals surface area contributed by atoms with Crippen LogP contribution in [0.3, 0.4) is 0 Å². The summed E-state index contributed by atoms with van der Waals surface area (Å²) in [5.74, 6) is -0.532. The number of aromatic nitrogens is 4. The summed E-state index contributed by atoms with van der Waals surface area (Å²) in [6.07, 6.45) is 3.10. The Morgan fingerprint density at radius 2 is 2.04 bits per heavy atom. The Bertz CT molecular complexity index is 1110. The minimum Gasteiger partial charge on any atom is -0.298 e. The highest BCUT2D eigenvalue weighted by Gasteiger charge is 2.14. The Kier molecular flexibility index (Phi) is 4.94. The molecule has 2 aromatic heterocycles. The fraction of sp³-hybridized carbons (Fsp3) is 0.100. The number of thiazole rings is 1. The van der Waals surface area contributed by atoms with E-state index in [2.05, 4.69) is 20.4 Å². The number of benzene rings is 2. The van der Waals surface area contributed by atoms with Crippen LogP contribution < -0.4 is 5.32 Å². The van der Waals surface area contributed by atoms with Gasteiger partial charge in [-0.25, -0.2) is 19.0 Å². The van der Waals surface area contributed by atoms with Crippen LogP contribution in [0.15, 0.2) is 61.2 Å². The summed E-state index contributed by atoms with van der Waals surface area (Å²) in [5, 5.41) is 7.42. The minimum atomic E-state index is -0.295. The average molecular weight is 393 g/mol. The lowest BCUT2D eigenvalue weighted by Crippen LogP contribution is -2.12. The van der Waals surface area contributed by atoms with Crippen LogP contribution in [0, 0.1) is 12.7 Å². The van der Waals surface area contributed by atoms with E-state index < -0.39 is 0 Å². The number of aryl methyl sites for hydroxylation is 1. The molecule has 8 heteroatoms. The summed E-state index contributed by atoms with van der Waals surface area (Å²) in [4.78, 5) is 22.0. The quantitative estimate of drug-likeness (QED) is 0.553. The molecule has 0 spiro atoms. The smallest absolute Gasteiger partial charge is 0.257 e. The molecule has 6 nitrogen and oxygen atoms in total. The van der Waals surface area contributed by atoms with Crippen molar-refractivity contribution in [1.29, 1.82) is 0 Å². The number of hydrogen-bond acceptors (Lipinski definition) is 5. The molecule has 0 atom stereocenters. The first kappa shape index (κ1) is 18.0. The van der Waals surface area contributed by atoms with Crippen LogP contribution in [-0.2, 0) is 6.54 Å². The predicted molar refractivity (Wildman–Crippen MR) is 106 cm³/mol. The Hall–Kier alpha value is -3.39. The van der Waals surface area contributed by atoms with Gasteiger partial charge < -0.3 is 0 Å². The molecule has 0 bridgehead atoms. The lowest BCUT2D eigenvalue weighted by atomic mass is 10.1. The third-order valence-corrected chi connectivity index (χ3v) is 5.02. The highest BCUT2D eigenvalue weighted by atomic mass is 32.1. The monoisotopic (exact) mass is 393 g/mol. The molecule has 0 saturated heterocycles. The maximum atomic E-state index is 13.1.